The molecule has 1 atom stereocenters. The number of rotatable bonds is 2. The Balaban J connectivity index is 1.85. The third-order valence-corrected chi connectivity index (χ3v) is 3.85. The first-order chi connectivity index (χ1) is 11.2. The number of nitrogens with one attached hydrogen (secondary N) is 2. The van der Waals surface area contributed by atoms with Crippen LogP contribution in [-0.2, 0) is 0 Å². The summed E-state index contributed by atoms with van der Waals surface area (Å²) in [7, 11) is 0. The minimum Gasteiger partial charge on any atom is -0.359 e. The Morgan fingerprint density at radius 1 is 1.04 bits per heavy atom. The van der Waals surface area contributed by atoms with Gasteiger partial charge in [0.15, 0.2) is 0 Å². The number of nitrogens with zero attached hydrogens (tertiary/aromatic N) is 2. The zero-order valence-corrected chi connectivity index (χ0v) is 12.0. The summed E-state index contributed by atoms with van der Waals surface area (Å²) < 4.78 is 13.2. The highest BCUT2D eigenvalue weighted by atomic mass is 19.1. The van der Waals surface area contributed by atoms with Gasteiger partial charge in [-0.2, -0.15) is 5.10 Å². The number of halogens is 1. The third-order valence-electron chi connectivity index (χ3n) is 3.85. The average Bonchev–Trinajstić information content (AvgIpc) is 3.10. The number of carbonyl (C=O) groups excluding carboxylic acids is 1. The summed E-state index contributed by atoms with van der Waals surface area (Å²) in [5.41, 5.74) is 2.69. The zero-order valence-electron chi connectivity index (χ0n) is 12.0. The molecule has 0 aliphatic carbocycles. The predicted molar refractivity (Wildman–Crippen MR) is 84.6 cm³/mol. The molecule has 0 radical (unpaired) electrons. The van der Waals surface area contributed by atoms with E-state index in [-0.39, 0.29) is 11.7 Å². The van der Waals surface area contributed by atoms with Gasteiger partial charge in [0.05, 0.1) is 11.3 Å². The van der Waals surface area contributed by atoms with Gasteiger partial charge in [0, 0.05) is 17.6 Å². The van der Waals surface area contributed by atoms with Crippen molar-refractivity contribution in [2.45, 2.75) is 6.17 Å². The van der Waals surface area contributed by atoms with Crippen LogP contribution in [0.3, 0.4) is 0 Å². The Labute approximate surface area is 131 Å². The van der Waals surface area contributed by atoms with Crippen LogP contribution in [0.15, 0.2) is 60.8 Å². The number of amides is 1. The number of aromatic nitrogens is 2. The van der Waals surface area contributed by atoms with E-state index >= 15 is 0 Å². The van der Waals surface area contributed by atoms with E-state index in [1.54, 1.807) is 35.4 Å². The summed E-state index contributed by atoms with van der Waals surface area (Å²) in [4.78, 5) is 14.6. The van der Waals surface area contributed by atoms with Gasteiger partial charge in [-0.1, -0.05) is 12.1 Å². The van der Waals surface area contributed by atoms with E-state index in [0.717, 1.165) is 11.4 Å². The van der Waals surface area contributed by atoms with Gasteiger partial charge >= 0.3 is 0 Å². The number of hydrogen-bond acceptors (Lipinski definition) is 3. The predicted octanol–water partition coefficient (Wildman–Crippen LogP) is 3.32. The smallest absolute Gasteiger partial charge is 0.262 e. The van der Waals surface area contributed by atoms with Crippen LogP contribution in [0.2, 0.25) is 0 Å². The highest BCUT2D eigenvalue weighted by Gasteiger charge is 2.34. The third kappa shape index (κ3) is 2.24. The standard InChI is InChI=1S/C17H13FN4O/c18-11-5-7-12(8-6-11)22-16(15-9-10-19-21-15)20-14-4-2-1-3-13(14)17(22)23/h1-10,16,20H,(H,19,21)/t16-/m1/s1. The lowest BCUT2D eigenvalue weighted by Crippen LogP contribution is -2.43. The SMILES string of the molecule is O=C1c2ccccc2N[C@@H](c2ccn[nH]2)N1c1ccc(F)cc1. The monoisotopic (exact) mass is 308 g/mol. The van der Waals surface area contributed by atoms with E-state index in [4.69, 9.17) is 0 Å². The van der Waals surface area contributed by atoms with Gasteiger partial charge in [0.25, 0.3) is 5.91 Å². The summed E-state index contributed by atoms with van der Waals surface area (Å²) in [5, 5.41) is 10.2. The van der Waals surface area contributed by atoms with Crippen LogP contribution < -0.4 is 10.2 Å². The van der Waals surface area contributed by atoms with E-state index in [0.29, 0.717) is 11.3 Å². The Kier molecular flexibility index (Phi) is 3.08. The number of hydrogen-bond donors (Lipinski definition) is 2. The van der Waals surface area contributed by atoms with E-state index < -0.39 is 6.17 Å². The van der Waals surface area contributed by atoms with E-state index in [9.17, 15) is 9.18 Å². The van der Waals surface area contributed by atoms with Crippen molar-refractivity contribution in [3.8, 4) is 0 Å². The molecular formula is C17H13FN4O. The molecule has 0 unspecified atom stereocenters. The zero-order chi connectivity index (χ0) is 15.8. The number of para-hydroxylation sites is 1. The van der Waals surface area contributed by atoms with Crippen molar-refractivity contribution in [1.82, 2.24) is 10.2 Å². The molecule has 0 spiro atoms. The number of aromatic amines is 1. The Morgan fingerprint density at radius 3 is 2.57 bits per heavy atom. The molecule has 1 aliphatic rings. The first-order valence-electron chi connectivity index (χ1n) is 7.18. The second-order valence-electron chi connectivity index (χ2n) is 5.26. The molecule has 0 bridgehead atoms. The van der Waals surface area contributed by atoms with E-state index in [2.05, 4.69) is 15.5 Å². The maximum atomic E-state index is 13.2. The van der Waals surface area contributed by atoms with Gasteiger partial charge in [0.2, 0.25) is 0 Å². The fraction of sp³-hybridized carbons (Fsp3) is 0.0588. The summed E-state index contributed by atoms with van der Waals surface area (Å²) in [6, 6.07) is 15.0. The van der Waals surface area contributed by atoms with Crippen molar-refractivity contribution in [2.24, 2.45) is 0 Å². The lowest BCUT2D eigenvalue weighted by molar-refractivity contribution is 0.0974. The highest BCUT2D eigenvalue weighted by molar-refractivity contribution is 6.12. The van der Waals surface area contributed by atoms with E-state index in [1.165, 1.54) is 12.1 Å². The number of carbonyl (C=O) groups is 1. The Morgan fingerprint density at radius 2 is 1.83 bits per heavy atom. The number of benzene rings is 2. The molecule has 1 aliphatic heterocycles. The second kappa shape index (κ2) is 5.24. The van der Waals surface area contributed by atoms with Crippen LogP contribution in [-0.4, -0.2) is 16.1 Å². The number of fused-ring (bicyclic) bond motifs is 1. The molecule has 4 rings (SSSR count). The molecule has 1 aromatic heterocycles. The first kappa shape index (κ1) is 13.5. The summed E-state index contributed by atoms with van der Waals surface area (Å²) >= 11 is 0. The van der Waals surface area contributed by atoms with Gasteiger partial charge in [-0.25, -0.2) is 4.39 Å². The molecule has 1 amide bonds. The van der Waals surface area contributed by atoms with Crippen molar-refractivity contribution in [1.29, 1.82) is 0 Å². The Hall–Kier alpha value is -3.15. The molecule has 2 N–H and O–H groups in total. The molecule has 5 nitrogen and oxygen atoms in total. The first-order valence-corrected chi connectivity index (χ1v) is 7.18. The summed E-state index contributed by atoms with van der Waals surface area (Å²) in [6.07, 6.45) is 1.19. The maximum absolute atomic E-state index is 13.2. The minimum atomic E-state index is -0.439. The molecule has 0 fully saturated rings. The molecule has 6 heteroatoms. The van der Waals surface area contributed by atoms with Crippen molar-refractivity contribution in [3.63, 3.8) is 0 Å². The fourth-order valence-electron chi connectivity index (χ4n) is 2.76. The molecule has 23 heavy (non-hydrogen) atoms. The van der Waals surface area contributed by atoms with Gasteiger partial charge in [-0.15, -0.1) is 0 Å². The van der Waals surface area contributed by atoms with Crippen molar-refractivity contribution in [3.05, 3.63) is 77.9 Å². The summed E-state index contributed by atoms with van der Waals surface area (Å²) in [6.45, 7) is 0. The van der Waals surface area contributed by atoms with Crippen LogP contribution in [0.25, 0.3) is 0 Å². The largest absolute Gasteiger partial charge is 0.359 e. The summed E-state index contributed by atoms with van der Waals surface area (Å²) in [5.74, 6) is -0.491. The minimum absolute atomic E-state index is 0.148. The Bertz CT molecular complexity index is 845. The van der Waals surface area contributed by atoms with Crippen LogP contribution in [0.5, 0.6) is 0 Å². The van der Waals surface area contributed by atoms with Gasteiger partial charge < -0.3 is 5.32 Å². The van der Waals surface area contributed by atoms with Crippen molar-refractivity contribution < 1.29 is 9.18 Å². The molecule has 114 valence electrons. The molecule has 0 saturated heterocycles. The van der Waals surface area contributed by atoms with Gasteiger partial charge in [-0.05, 0) is 42.5 Å². The number of anilines is 2. The molecule has 2 aromatic carbocycles. The number of H-pyrrole nitrogens is 1. The normalized spacial score (nSPS) is 16.8. The van der Waals surface area contributed by atoms with Crippen molar-refractivity contribution in [2.75, 3.05) is 10.2 Å². The topological polar surface area (TPSA) is 61.0 Å². The van der Waals surface area contributed by atoms with Gasteiger partial charge in [0.1, 0.15) is 12.0 Å². The average molecular weight is 308 g/mol. The molecule has 2 heterocycles. The fourth-order valence-corrected chi connectivity index (χ4v) is 2.76. The van der Waals surface area contributed by atoms with Crippen LogP contribution >= 0.6 is 0 Å². The lowest BCUT2D eigenvalue weighted by atomic mass is 10.1. The van der Waals surface area contributed by atoms with E-state index in [1.807, 2.05) is 18.2 Å². The maximum Gasteiger partial charge on any atom is 0.262 e. The van der Waals surface area contributed by atoms with Crippen LogP contribution in [0.4, 0.5) is 15.8 Å². The van der Waals surface area contributed by atoms with Crippen LogP contribution in [0.1, 0.15) is 22.2 Å². The lowest BCUT2D eigenvalue weighted by Gasteiger charge is -2.37. The quantitative estimate of drug-likeness (QED) is 0.763. The molecule has 0 saturated carbocycles. The van der Waals surface area contributed by atoms with Gasteiger partial charge in [-0.3, -0.25) is 14.8 Å². The molecule has 3 aromatic rings. The van der Waals surface area contributed by atoms with Crippen LogP contribution in [0, 0.1) is 5.82 Å². The second-order valence-corrected chi connectivity index (χ2v) is 5.26. The van der Waals surface area contributed by atoms with Crippen molar-refractivity contribution >= 4 is 17.3 Å². The molecular weight excluding hydrogens is 295 g/mol. The highest BCUT2D eigenvalue weighted by Crippen LogP contribution is 2.35.